The summed E-state index contributed by atoms with van der Waals surface area (Å²) in [5, 5.41) is 24.0. The number of nitrogens with one attached hydrogen (secondary N) is 1. The number of fused-ring (bicyclic) bond motifs is 1. The molecule has 1 atom stereocenters. The maximum Gasteiger partial charge on any atom is 0.355 e. The Bertz CT molecular complexity index is 1140. The topological polar surface area (TPSA) is 119 Å². The van der Waals surface area contributed by atoms with Crippen LogP contribution in [-0.2, 0) is 9.53 Å². The molecule has 9 nitrogen and oxygen atoms in total. The van der Waals surface area contributed by atoms with Crippen LogP contribution in [0.25, 0.3) is 0 Å². The predicted molar refractivity (Wildman–Crippen MR) is 97.5 cm³/mol. The SMILES string of the molecule is COC(=O)C1=C(C(=O)c2ccc(F)cc2)[C@@H](c2cccc(O)c2)n2nnnc2N1. The lowest BCUT2D eigenvalue weighted by atomic mass is 9.89. The number of Topliss-reactive ketones (excluding diaryl/α,β-unsaturated/α-hetero) is 1. The molecule has 146 valence electrons. The Kier molecular flexibility index (Phi) is 4.51. The molecular formula is C19H14FN5O4. The summed E-state index contributed by atoms with van der Waals surface area (Å²) in [6.45, 7) is 0. The van der Waals surface area contributed by atoms with Crippen LogP contribution in [0.5, 0.6) is 5.75 Å². The molecular weight excluding hydrogens is 381 g/mol. The highest BCUT2D eigenvalue weighted by molar-refractivity contribution is 6.14. The molecule has 2 heterocycles. The van der Waals surface area contributed by atoms with Gasteiger partial charge in [-0.3, -0.25) is 4.79 Å². The fourth-order valence-corrected chi connectivity index (χ4v) is 3.15. The number of phenols is 1. The van der Waals surface area contributed by atoms with Gasteiger partial charge in [-0.05, 0) is 52.4 Å². The summed E-state index contributed by atoms with van der Waals surface area (Å²) in [4.78, 5) is 25.8. The van der Waals surface area contributed by atoms with Gasteiger partial charge in [0.05, 0.1) is 12.7 Å². The number of anilines is 1. The summed E-state index contributed by atoms with van der Waals surface area (Å²) in [6, 6.07) is 10.2. The van der Waals surface area contributed by atoms with Crippen molar-refractivity contribution < 1.29 is 23.8 Å². The van der Waals surface area contributed by atoms with Gasteiger partial charge in [-0.25, -0.2) is 9.18 Å². The maximum absolute atomic E-state index is 13.4. The van der Waals surface area contributed by atoms with Gasteiger partial charge >= 0.3 is 5.97 Å². The van der Waals surface area contributed by atoms with E-state index in [0.29, 0.717) is 5.56 Å². The first kappa shape index (κ1) is 18.3. The summed E-state index contributed by atoms with van der Waals surface area (Å²) in [6.07, 6.45) is 0. The van der Waals surface area contributed by atoms with Crippen molar-refractivity contribution in [3.05, 3.63) is 76.7 Å². The van der Waals surface area contributed by atoms with Crippen LogP contribution in [0.3, 0.4) is 0 Å². The van der Waals surface area contributed by atoms with E-state index in [0.717, 1.165) is 12.1 Å². The van der Waals surface area contributed by atoms with Crippen molar-refractivity contribution in [1.82, 2.24) is 20.2 Å². The molecule has 1 aromatic heterocycles. The van der Waals surface area contributed by atoms with Gasteiger partial charge in [-0.15, -0.1) is 0 Å². The Morgan fingerprint density at radius 1 is 1.21 bits per heavy atom. The summed E-state index contributed by atoms with van der Waals surface area (Å²) < 4.78 is 19.5. The smallest absolute Gasteiger partial charge is 0.355 e. The molecule has 0 radical (unpaired) electrons. The normalized spacial score (nSPS) is 15.4. The third kappa shape index (κ3) is 3.20. The van der Waals surface area contributed by atoms with Gasteiger partial charge in [0.2, 0.25) is 5.95 Å². The fourth-order valence-electron chi connectivity index (χ4n) is 3.15. The van der Waals surface area contributed by atoms with Crippen molar-refractivity contribution in [2.75, 3.05) is 12.4 Å². The minimum atomic E-state index is -0.931. The molecule has 1 aliphatic heterocycles. The molecule has 2 N–H and O–H groups in total. The largest absolute Gasteiger partial charge is 0.508 e. The first-order valence-corrected chi connectivity index (χ1v) is 8.46. The predicted octanol–water partition coefficient (Wildman–Crippen LogP) is 1.84. The lowest BCUT2D eigenvalue weighted by Gasteiger charge is -2.28. The van der Waals surface area contributed by atoms with E-state index in [1.807, 2.05) is 0 Å². The monoisotopic (exact) mass is 395 g/mol. The average molecular weight is 395 g/mol. The number of halogens is 1. The number of carbonyl (C=O) groups is 2. The number of hydrogen-bond donors (Lipinski definition) is 2. The Morgan fingerprint density at radius 2 is 1.97 bits per heavy atom. The van der Waals surface area contributed by atoms with Crippen LogP contribution in [0.15, 0.2) is 59.8 Å². The summed E-state index contributed by atoms with van der Waals surface area (Å²) >= 11 is 0. The van der Waals surface area contributed by atoms with Crippen LogP contribution in [0, 0.1) is 5.82 Å². The highest BCUT2D eigenvalue weighted by atomic mass is 19.1. The molecule has 2 aromatic carbocycles. The van der Waals surface area contributed by atoms with Crippen LogP contribution in [0.4, 0.5) is 10.3 Å². The Morgan fingerprint density at radius 3 is 2.66 bits per heavy atom. The highest BCUT2D eigenvalue weighted by Crippen LogP contribution is 2.37. The van der Waals surface area contributed by atoms with Crippen molar-refractivity contribution in [2.24, 2.45) is 0 Å². The third-order valence-corrected chi connectivity index (χ3v) is 4.44. The fraction of sp³-hybridized carbons (Fsp3) is 0.105. The molecule has 4 rings (SSSR count). The number of benzene rings is 2. The zero-order valence-corrected chi connectivity index (χ0v) is 15.0. The van der Waals surface area contributed by atoms with Crippen molar-refractivity contribution in [2.45, 2.75) is 6.04 Å². The van der Waals surface area contributed by atoms with E-state index in [2.05, 4.69) is 20.8 Å². The van der Waals surface area contributed by atoms with Crippen LogP contribution >= 0.6 is 0 Å². The number of aromatic hydroxyl groups is 1. The number of ether oxygens (including phenoxy) is 1. The van der Waals surface area contributed by atoms with Crippen molar-refractivity contribution in [1.29, 1.82) is 0 Å². The van der Waals surface area contributed by atoms with E-state index in [9.17, 15) is 19.1 Å². The second-order valence-corrected chi connectivity index (χ2v) is 6.19. The van der Waals surface area contributed by atoms with Gasteiger partial charge in [0.25, 0.3) is 0 Å². The minimum absolute atomic E-state index is 0.00569. The zero-order chi connectivity index (χ0) is 20.5. The number of hydrogen-bond acceptors (Lipinski definition) is 8. The summed E-state index contributed by atoms with van der Waals surface area (Å²) in [5.41, 5.74) is 0.476. The van der Waals surface area contributed by atoms with Gasteiger partial charge in [0, 0.05) is 5.56 Å². The lowest BCUT2D eigenvalue weighted by molar-refractivity contribution is -0.136. The first-order valence-electron chi connectivity index (χ1n) is 8.46. The number of rotatable bonds is 4. The van der Waals surface area contributed by atoms with Crippen LogP contribution in [0.2, 0.25) is 0 Å². The Balaban J connectivity index is 1.95. The highest BCUT2D eigenvalue weighted by Gasteiger charge is 2.38. The molecule has 0 saturated heterocycles. The van der Waals surface area contributed by atoms with Gasteiger partial charge < -0.3 is 15.2 Å². The number of carbonyl (C=O) groups excluding carboxylic acids is 2. The number of tetrazole rings is 1. The number of aromatic nitrogens is 4. The molecule has 10 heteroatoms. The Labute approximate surface area is 163 Å². The van der Waals surface area contributed by atoms with Gasteiger partial charge in [0.1, 0.15) is 23.3 Å². The number of nitrogens with zero attached hydrogens (tertiary/aromatic N) is 4. The zero-order valence-electron chi connectivity index (χ0n) is 15.0. The van der Waals surface area contributed by atoms with Crippen molar-refractivity contribution >= 4 is 17.7 Å². The van der Waals surface area contributed by atoms with Crippen LogP contribution in [-0.4, -0.2) is 44.2 Å². The number of allylic oxidation sites excluding steroid dienone is 1. The Hall–Kier alpha value is -4.08. The maximum atomic E-state index is 13.4. The summed E-state index contributed by atoms with van der Waals surface area (Å²) in [7, 11) is 1.18. The van der Waals surface area contributed by atoms with Crippen LogP contribution in [0.1, 0.15) is 22.0 Å². The molecule has 3 aromatic rings. The van der Waals surface area contributed by atoms with Crippen molar-refractivity contribution in [3.63, 3.8) is 0 Å². The van der Waals surface area contributed by atoms with E-state index >= 15 is 0 Å². The second-order valence-electron chi connectivity index (χ2n) is 6.19. The molecule has 0 saturated carbocycles. The number of phenolic OH excluding ortho intramolecular Hbond substituents is 1. The number of esters is 1. The van der Waals surface area contributed by atoms with Crippen molar-refractivity contribution in [3.8, 4) is 5.75 Å². The minimum Gasteiger partial charge on any atom is -0.508 e. The van der Waals surface area contributed by atoms with E-state index < -0.39 is 23.6 Å². The van der Waals surface area contributed by atoms with E-state index in [1.165, 1.54) is 36.1 Å². The quantitative estimate of drug-likeness (QED) is 0.507. The van der Waals surface area contributed by atoms with E-state index in [1.54, 1.807) is 12.1 Å². The molecule has 0 unspecified atom stereocenters. The van der Waals surface area contributed by atoms with E-state index in [-0.39, 0.29) is 28.5 Å². The molecule has 0 fully saturated rings. The molecule has 0 aliphatic carbocycles. The standard InChI is InChI=1S/C19H14FN5O4/c1-29-18(28)15-14(17(27)10-5-7-12(20)8-6-10)16(11-3-2-4-13(26)9-11)25-19(21-15)22-23-24-25/h2-9,16,26H,1H3,(H,21,22,24)/t16-/m1/s1. The third-order valence-electron chi connectivity index (χ3n) is 4.44. The summed E-state index contributed by atoms with van der Waals surface area (Å²) in [5.74, 6) is -1.77. The van der Waals surface area contributed by atoms with Gasteiger partial charge in [-0.1, -0.05) is 17.2 Å². The number of methoxy groups -OCH3 is 1. The molecule has 0 spiro atoms. The number of ketones is 1. The van der Waals surface area contributed by atoms with Crippen LogP contribution < -0.4 is 5.32 Å². The second kappa shape index (κ2) is 7.15. The molecule has 0 bridgehead atoms. The van der Waals surface area contributed by atoms with Gasteiger partial charge in [0.15, 0.2) is 5.78 Å². The van der Waals surface area contributed by atoms with Gasteiger partial charge in [-0.2, -0.15) is 4.68 Å². The first-order chi connectivity index (χ1) is 14.0. The molecule has 0 amide bonds. The average Bonchev–Trinajstić information content (AvgIpc) is 3.20. The van der Waals surface area contributed by atoms with E-state index in [4.69, 9.17) is 4.74 Å². The molecule has 29 heavy (non-hydrogen) atoms. The molecule has 1 aliphatic rings. The lowest BCUT2D eigenvalue weighted by Crippen LogP contribution is -2.32.